The van der Waals surface area contributed by atoms with Crippen LogP contribution in [0.3, 0.4) is 0 Å². The third-order valence-corrected chi connectivity index (χ3v) is 21.6. The average Bonchev–Trinajstić information content (AvgIpc) is 3.75. The Morgan fingerprint density at radius 2 is 0.900 bits per heavy atom. The molecule has 0 unspecified atom stereocenters. The summed E-state index contributed by atoms with van der Waals surface area (Å²) in [6, 6.07) is 0. The van der Waals surface area contributed by atoms with Crippen LogP contribution in [0.25, 0.3) is 0 Å². The Kier molecular flexibility index (Phi) is 14.4. The van der Waals surface area contributed by atoms with Gasteiger partial charge in [0, 0.05) is 0 Å². The molecule has 6 saturated carbocycles. The minimum Gasteiger partial charge on any atom is -0.393 e. The van der Waals surface area contributed by atoms with Gasteiger partial charge in [0.05, 0.1) is 12.2 Å². The van der Waals surface area contributed by atoms with Crippen LogP contribution in [-0.2, 0) is 0 Å². The first-order valence-corrected chi connectivity index (χ1v) is 26.5. The fraction of sp³-hybridized carbons (Fsp3) is 0.862. The highest BCUT2D eigenvalue weighted by atomic mass is 16.3. The van der Waals surface area contributed by atoms with Crippen molar-refractivity contribution in [1.82, 2.24) is 0 Å². The van der Waals surface area contributed by atoms with Crippen LogP contribution in [-0.4, -0.2) is 22.4 Å². The molecule has 2 heteroatoms. The molecule has 8 aliphatic carbocycles. The minimum atomic E-state index is -0.0870. The second-order valence-electron chi connectivity index (χ2n) is 24.9. The predicted octanol–water partition coefficient (Wildman–Crippen LogP) is 15.6. The lowest BCUT2D eigenvalue weighted by atomic mass is 9.47. The van der Waals surface area contributed by atoms with Gasteiger partial charge in [-0.2, -0.15) is 0 Å². The van der Waals surface area contributed by atoms with Crippen molar-refractivity contribution in [2.45, 2.75) is 211 Å². The fourth-order valence-corrected chi connectivity index (χ4v) is 17.7. The summed E-state index contributed by atoms with van der Waals surface area (Å²) in [5.74, 6) is 11.4. The van der Waals surface area contributed by atoms with Crippen molar-refractivity contribution in [2.75, 3.05) is 0 Å². The van der Waals surface area contributed by atoms with Crippen LogP contribution >= 0.6 is 0 Å². The van der Waals surface area contributed by atoms with Gasteiger partial charge in [0.25, 0.3) is 0 Å². The van der Waals surface area contributed by atoms with Gasteiger partial charge >= 0.3 is 0 Å². The summed E-state index contributed by atoms with van der Waals surface area (Å²) in [7, 11) is 0. The Morgan fingerprint density at radius 1 is 0.517 bits per heavy atom. The lowest BCUT2D eigenvalue weighted by Gasteiger charge is -2.58. The summed E-state index contributed by atoms with van der Waals surface area (Å²) in [4.78, 5) is 0. The van der Waals surface area contributed by atoms with Gasteiger partial charge in [-0.1, -0.05) is 131 Å². The molecule has 8 aliphatic rings. The molecule has 0 bridgehead atoms. The molecule has 8 rings (SSSR count). The third kappa shape index (κ3) is 8.46. The lowest BCUT2D eigenvalue weighted by molar-refractivity contribution is -0.0541. The van der Waals surface area contributed by atoms with E-state index in [0.717, 1.165) is 96.7 Å². The van der Waals surface area contributed by atoms with E-state index in [2.05, 4.69) is 120 Å². The zero-order valence-electron chi connectivity index (χ0n) is 41.3. The maximum atomic E-state index is 10.2. The highest BCUT2D eigenvalue weighted by Gasteiger charge is 2.60. The van der Waals surface area contributed by atoms with Crippen LogP contribution in [0.5, 0.6) is 0 Å². The van der Waals surface area contributed by atoms with E-state index in [1.54, 1.807) is 11.1 Å². The molecule has 2 nitrogen and oxygen atoms in total. The Bertz CT molecular complexity index is 1460. The molecule has 0 amide bonds. The van der Waals surface area contributed by atoms with E-state index in [4.69, 9.17) is 0 Å². The second kappa shape index (κ2) is 18.4. The first-order chi connectivity index (χ1) is 28.4. The molecular weight excluding hydrogens is 729 g/mol. The SMILES string of the molecule is CC[C@H](C=C[C@@H](C)[C@H]1CC[C@H]2[C@@H]3CC=C4C[C@@H](O)CC[C@@]4(C)[C@H]3CC[C@@]12C)C(C)C.CC[C@H](C=C[C@@H](C)[C@H]1CC[C@H]2[C@@H]3CC=C4C[C@@H](O)CC[C@@]4(C)[C@H]3CC[C@@]12C)C(C)C. The molecule has 60 heavy (non-hydrogen) atoms. The van der Waals surface area contributed by atoms with Gasteiger partial charge in [-0.3, -0.25) is 0 Å². The third-order valence-electron chi connectivity index (χ3n) is 21.6. The van der Waals surface area contributed by atoms with Crippen molar-refractivity contribution in [1.29, 1.82) is 0 Å². The van der Waals surface area contributed by atoms with Crippen molar-refractivity contribution in [3.63, 3.8) is 0 Å². The Hall–Kier alpha value is -1.12. The molecule has 0 spiro atoms. The number of allylic oxidation sites excluding steroid dienone is 6. The van der Waals surface area contributed by atoms with E-state index in [0.29, 0.717) is 33.5 Å². The molecule has 2 N–H and O–H groups in total. The van der Waals surface area contributed by atoms with Crippen LogP contribution in [0.15, 0.2) is 47.6 Å². The smallest absolute Gasteiger partial charge is 0.0577 e. The van der Waals surface area contributed by atoms with Crippen LogP contribution in [0.2, 0.25) is 0 Å². The van der Waals surface area contributed by atoms with E-state index in [1.807, 2.05) is 0 Å². The predicted molar refractivity (Wildman–Crippen MR) is 256 cm³/mol. The highest BCUT2D eigenvalue weighted by molar-refractivity contribution is 5.27. The first kappa shape index (κ1) is 46.9. The zero-order valence-corrected chi connectivity index (χ0v) is 41.3. The van der Waals surface area contributed by atoms with Gasteiger partial charge in [0.15, 0.2) is 0 Å². The van der Waals surface area contributed by atoms with E-state index in [9.17, 15) is 10.2 Å². The zero-order chi connectivity index (χ0) is 43.4. The fourth-order valence-electron chi connectivity index (χ4n) is 17.7. The highest BCUT2D eigenvalue weighted by Crippen LogP contribution is 2.69. The summed E-state index contributed by atoms with van der Waals surface area (Å²) in [5.41, 5.74) is 5.02. The van der Waals surface area contributed by atoms with Gasteiger partial charge in [-0.25, -0.2) is 0 Å². The van der Waals surface area contributed by atoms with Crippen LogP contribution in [0, 0.1) is 105 Å². The van der Waals surface area contributed by atoms with Crippen molar-refractivity contribution in [3.05, 3.63) is 47.6 Å². The van der Waals surface area contributed by atoms with Crippen LogP contribution < -0.4 is 0 Å². The van der Waals surface area contributed by atoms with Crippen LogP contribution in [0.1, 0.15) is 199 Å². The number of aliphatic hydroxyl groups is 2. The van der Waals surface area contributed by atoms with Crippen molar-refractivity contribution in [2.24, 2.45) is 105 Å². The lowest BCUT2D eigenvalue weighted by Crippen LogP contribution is -2.50. The number of hydrogen-bond acceptors (Lipinski definition) is 2. The number of aliphatic hydroxyl groups excluding tert-OH is 2. The standard InChI is InChI=1S/2C29H48O/c2*1-7-21(19(2)3)9-8-20(4)25-12-13-26-24-11-10-22-18-23(30)14-16-28(22,5)27(24)15-17-29(25,26)6/h2*8-10,19-21,23-27,30H,7,11-18H2,1-6H3/t2*20-,21-,23+,24+,25-,26+,27+,28-,29+/m11/s1. The van der Waals surface area contributed by atoms with Gasteiger partial charge in [-0.05, 0) is 220 Å². The van der Waals surface area contributed by atoms with Gasteiger partial charge < -0.3 is 10.2 Å². The van der Waals surface area contributed by atoms with Gasteiger partial charge in [-0.15, -0.1) is 0 Å². The summed E-state index contributed by atoms with van der Waals surface area (Å²) in [6.45, 7) is 29.6. The quantitative estimate of drug-likeness (QED) is 0.215. The number of rotatable bonds is 10. The van der Waals surface area contributed by atoms with Gasteiger partial charge in [0.2, 0.25) is 0 Å². The first-order valence-electron chi connectivity index (χ1n) is 26.5. The van der Waals surface area contributed by atoms with E-state index >= 15 is 0 Å². The molecule has 6 fully saturated rings. The topological polar surface area (TPSA) is 40.5 Å². The van der Waals surface area contributed by atoms with E-state index in [1.165, 1.54) is 89.9 Å². The Balaban J connectivity index is 0.000000181. The summed E-state index contributed by atoms with van der Waals surface area (Å²) in [5, 5.41) is 20.5. The van der Waals surface area contributed by atoms with Gasteiger partial charge in [0.1, 0.15) is 0 Å². The number of hydrogen-bond donors (Lipinski definition) is 2. The van der Waals surface area contributed by atoms with Crippen molar-refractivity contribution < 1.29 is 10.2 Å². The maximum absolute atomic E-state index is 10.2. The summed E-state index contributed by atoms with van der Waals surface area (Å²) in [6.07, 6.45) is 38.2. The summed E-state index contributed by atoms with van der Waals surface area (Å²) >= 11 is 0. The Labute approximate surface area is 371 Å². The van der Waals surface area contributed by atoms with Crippen molar-refractivity contribution >= 4 is 0 Å². The molecule has 0 radical (unpaired) electrons. The molecule has 18 atom stereocenters. The normalized spacial score (nSPS) is 45.6. The molecule has 0 aromatic carbocycles. The number of fused-ring (bicyclic) bond motifs is 10. The average molecular weight is 825 g/mol. The Morgan fingerprint density at radius 3 is 1.25 bits per heavy atom. The molecule has 340 valence electrons. The maximum Gasteiger partial charge on any atom is 0.0577 e. The molecule has 0 aromatic rings. The molecule has 0 heterocycles. The molecular formula is C58H96O2. The van der Waals surface area contributed by atoms with Crippen LogP contribution in [0.4, 0.5) is 0 Å². The largest absolute Gasteiger partial charge is 0.393 e. The second-order valence-corrected chi connectivity index (χ2v) is 24.9. The monoisotopic (exact) mass is 825 g/mol. The molecule has 0 saturated heterocycles. The van der Waals surface area contributed by atoms with E-state index < -0.39 is 0 Å². The van der Waals surface area contributed by atoms with Crippen molar-refractivity contribution in [3.8, 4) is 0 Å². The molecule has 0 aliphatic heterocycles. The summed E-state index contributed by atoms with van der Waals surface area (Å²) < 4.78 is 0. The minimum absolute atomic E-state index is 0.0870. The van der Waals surface area contributed by atoms with E-state index in [-0.39, 0.29) is 12.2 Å². The molecule has 0 aromatic heterocycles.